The number of carbonyl (C=O) groups excluding carboxylic acids is 1. The van der Waals surface area contributed by atoms with Gasteiger partial charge in [-0.3, -0.25) is 4.79 Å². The van der Waals surface area contributed by atoms with E-state index >= 15 is 0 Å². The van der Waals surface area contributed by atoms with E-state index in [1.54, 1.807) is 25.1 Å². The van der Waals surface area contributed by atoms with Crippen LogP contribution < -0.4 is 5.32 Å². The number of hydrogen-bond acceptors (Lipinski definition) is 2. The second kappa shape index (κ2) is 6.72. The SMILES string of the molecule is CNCCC#Cc1cccc(C(=O)N(C)C)c1. The normalized spacial score (nSPS) is 9.35. The van der Waals surface area contributed by atoms with Gasteiger partial charge in [0.05, 0.1) is 0 Å². The molecule has 1 amide bonds. The van der Waals surface area contributed by atoms with E-state index < -0.39 is 0 Å². The molecule has 0 bridgehead atoms. The Balaban J connectivity index is 2.78. The molecule has 90 valence electrons. The van der Waals surface area contributed by atoms with Gasteiger partial charge in [-0.2, -0.15) is 0 Å². The Morgan fingerprint density at radius 1 is 1.41 bits per heavy atom. The van der Waals surface area contributed by atoms with E-state index in [1.807, 2.05) is 25.2 Å². The molecule has 17 heavy (non-hydrogen) atoms. The molecule has 0 saturated heterocycles. The second-order valence-electron chi connectivity index (χ2n) is 3.94. The van der Waals surface area contributed by atoms with Crippen LogP contribution in [-0.2, 0) is 0 Å². The van der Waals surface area contributed by atoms with Crippen LogP contribution in [0.25, 0.3) is 0 Å². The van der Waals surface area contributed by atoms with Crippen LogP contribution in [0.15, 0.2) is 24.3 Å². The molecule has 0 fully saturated rings. The van der Waals surface area contributed by atoms with Gasteiger partial charge in [0.1, 0.15) is 0 Å². The molecule has 3 heteroatoms. The quantitative estimate of drug-likeness (QED) is 0.628. The van der Waals surface area contributed by atoms with Crippen molar-refractivity contribution < 1.29 is 4.79 Å². The number of carbonyl (C=O) groups is 1. The summed E-state index contributed by atoms with van der Waals surface area (Å²) in [4.78, 5) is 13.3. The molecule has 0 saturated carbocycles. The van der Waals surface area contributed by atoms with Crippen molar-refractivity contribution in [2.45, 2.75) is 6.42 Å². The van der Waals surface area contributed by atoms with Crippen LogP contribution in [0, 0.1) is 11.8 Å². The maximum Gasteiger partial charge on any atom is 0.253 e. The second-order valence-corrected chi connectivity index (χ2v) is 3.94. The molecule has 0 spiro atoms. The predicted molar refractivity (Wildman–Crippen MR) is 69.9 cm³/mol. The first-order valence-electron chi connectivity index (χ1n) is 5.60. The zero-order valence-corrected chi connectivity index (χ0v) is 10.6. The third-order valence-corrected chi connectivity index (χ3v) is 2.25. The first-order chi connectivity index (χ1) is 8.15. The van der Waals surface area contributed by atoms with Gasteiger partial charge in [0, 0.05) is 38.2 Å². The van der Waals surface area contributed by atoms with Crippen molar-refractivity contribution in [2.24, 2.45) is 0 Å². The summed E-state index contributed by atoms with van der Waals surface area (Å²) < 4.78 is 0. The molecule has 1 aromatic carbocycles. The lowest BCUT2D eigenvalue weighted by atomic mass is 10.1. The minimum Gasteiger partial charge on any atom is -0.345 e. The Hall–Kier alpha value is -1.79. The largest absolute Gasteiger partial charge is 0.345 e. The summed E-state index contributed by atoms with van der Waals surface area (Å²) in [6.45, 7) is 0.878. The van der Waals surface area contributed by atoms with Crippen molar-refractivity contribution in [3.8, 4) is 11.8 Å². The number of nitrogens with zero attached hydrogens (tertiary/aromatic N) is 1. The molecule has 0 radical (unpaired) electrons. The van der Waals surface area contributed by atoms with Crippen LogP contribution in [0.1, 0.15) is 22.3 Å². The summed E-state index contributed by atoms with van der Waals surface area (Å²) >= 11 is 0. The maximum atomic E-state index is 11.7. The van der Waals surface area contributed by atoms with Crippen molar-refractivity contribution in [3.05, 3.63) is 35.4 Å². The lowest BCUT2D eigenvalue weighted by Gasteiger charge is -2.09. The van der Waals surface area contributed by atoms with Gasteiger partial charge in [-0.25, -0.2) is 0 Å². The number of hydrogen-bond donors (Lipinski definition) is 1. The fraction of sp³-hybridized carbons (Fsp3) is 0.357. The van der Waals surface area contributed by atoms with Crippen LogP contribution in [0.5, 0.6) is 0 Å². The number of rotatable bonds is 3. The molecule has 1 aromatic rings. The number of nitrogens with one attached hydrogen (secondary N) is 1. The van der Waals surface area contributed by atoms with E-state index in [9.17, 15) is 4.79 Å². The Bertz CT molecular complexity index is 441. The molecule has 0 unspecified atom stereocenters. The highest BCUT2D eigenvalue weighted by atomic mass is 16.2. The smallest absolute Gasteiger partial charge is 0.253 e. The minimum absolute atomic E-state index is 0.00359. The Labute approximate surface area is 103 Å². The van der Waals surface area contributed by atoms with Crippen molar-refractivity contribution in [1.29, 1.82) is 0 Å². The Morgan fingerprint density at radius 3 is 2.82 bits per heavy atom. The van der Waals surface area contributed by atoms with Gasteiger partial charge in [-0.1, -0.05) is 17.9 Å². The summed E-state index contributed by atoms with van der Waals surface area (Å²) in [5.41, 5.74) is 1.56. The average molecular weight is 230 g/mol. The van der Waals surface area contributed by atoms with E-state index in [1.165, 1.54) is 0 Å². The lowest BCUT2D eigenvalue weighted by molar-refractivity contribution is 0.0827. The van der Waals surface area contributed by atoms with E-state index in [-0.39, 0.29) is 5.91 Å². The standard InChI is InChI=1S/C14H18N2O/c1-15-10-5-4-7-12-8-6-9-13(11-12)14(17)16(2)3/h6,8-9,11,15H,5,10H2,1-3H3. The zero-order valence-electron chi connectivity index (χ0n) is 10.6. The highest BCUT2D eigenvalue weighted by molar-refractivity contribution is 5.94. The van der Waals surface area contributed by atoms with Crippen LogP contribution in [-0.4, -0.2) is 38.5 Å². The molecule has 0 aliphatic carbocycles. The molecule has 0 aliphatic rings. The van der Waals surface area contributed by atoms with Crippen molar-refractivity contribution >= 4 is 5.91 Å². The van der Waals surface area contributed by atoms with Gasteiger partial charge in [0.2, 0.25) is 0 Å². The summed E-state index contributed by atoms with van der Waals surface area (Å²) in [6.07, 6.45) is 0.808. The summed E-state index contributed by atoms with van der Waals surface area (Å²) in [6, 6.07) is 7.41. The van der Waals surface area contributed by atoms with E-state index in [0.717, 1.165) is 18.5 Å². The summed E-state index contributed by atoms with van der Waals surface area (Å²) in [7, 11) is 5.39. The van der Waals surface area contributed by atoms with Crippen molar-refractivity contribution in [1.82, 2.24) is 10.2 Å². The highest BCUT2D eigenvalue weighted by Crippen LogP contribution is 2.06. The number of benzene rings is 1. The van der Waals surface area contributed by atoms with Gasteiger partial charge in [-0.15, -0.1) is 0 Å². The van der Waals surface area contributed by atoms with Crippen LogP contribution in [0.4, 0.5) is 0 Å². The average Bonchev–Trinajstić information content (AvgIpc) is 2.34. The molecule has 1 N–H and O–H groups in total. The molecule has 0 atom stereocenters. The molecule has 0 heterocycles. The van der Waals surface area contributed by atoms with E-state index in [0.29, 0.717) is 5.56 Å². The first kappa shape index (κ1) is 13.3. The Morgan fingerprint density at radius 2 is 2.18 bits per heavy atom. The lowest BCUT2D eigenvalue weighted by Crippen LogP contribution is -2.21. The fourth-order valence-electron chi connectivity index (χ4n) is 1.34. The Kier molecular flexibility index (Phi) is 5.25. The number of amides is 1. The molecule has 1 rings (SSSR count). The first-order valence-corrected chi connectivity index (χ1v) is 5.60. The topological polar surface area (TPSA) is 32.3 Å². The third kappa shape index (κ3) is 4.29. The van der Waals surface area contributed by atoms with Crippen LogP contribution >= 0.6 is 0 Å². The van der Waals surface area contributed by atoms with Crippen molar-refractivity contribution in [2.75, 3.05) is 27.7 Å². The third-order valence-electron chi connectivity index (χ3n) is 2.25. The fourth-order valence-corrected chi connectivity index (χ4v) is 1.34. The van der Waals surface area contributed by atoms with Gasteiger partial charge in [0.15, 0.2) is 0 Å². The zero-order chi connectivity index (χ0) is 12.7. The van der Waals surface area contributed by atoms with Crippen molar-refractivity contribution in [3.63, 3.8) is 0 Å². The molecular formula is C14H18N2O. The maximum absolute atomic E-state index is 11.7. The summed E-state index contributed by atoms with van der Waals surface area (Å²) in [5, 5.41) is 3.04. The van der Waals surface area contributed by atoms with Gasteiger partial charge < -0.3 is 10.2 Å². The molecular weight excluding hydrogens is 212 g/mol. The predicted octanol–water partition coefficient (Wildman–Crippen LogP) is 1.35. The molecule has 0 aliphatic heterocycles. The summed E-state index contributed by atoms with van der Waals surface area (Å²) in [5.74, 6) is 6.12. The van der Waals surface area contributed by atoms with E-state index in [4.69, 9.17) is 0 Å². The van der Waals surface area contributed by atoms with Gasteiger partial charge >= 0.3 is 0 Å². The van der Waals surface area contributed by atoms with Crippen LogP contribution in [0.2, 0.25) is 0 Å². The minimum atomic E-state index is 0.00359. The van der Waals surface area contributed by atoms with Gasteiger partial charge in [0.25, 0.3) is 5.91 Å². The molecule has 0 aromatic heterocycles. The highest BCUT2D eigenvalue weighted by Gasteiger charge is 2.06. The van der Waals surface area contributed by atoms with E-state index in [2.05, 4.69) is 17.2 Å². The molecule has 3 nitrogen and oxygen atoms in total. The van der Waals surface area contributed by atoms with Gasteiger partial charge in [-0.05, 0) is 25.2 Å². The monoisotopic (exact) mass is 230 g/mol. The van der Waals surface area contributed by atoms with Crippen LogP contribution in [0.3, 0.4) is 0 Å².